The summed E-state index contributed by atoms with van der Waals surface area (Å²) in [4.78, 5) is 4.67. The van der Waals surface area contributed by atoms with E-state index >= 15 is 0 Å². The molecule has 0 bridgehead atoms. The highest BCUT2D eigenvalue weighted by atomic mass is 16.3. The number of furan rings is 1. The van der Waals surface area contributed by atoms with E-state index < -0.39 is 0 Å². The van der Waals surface area contributed by atoms with Crippen LogP contribution in [0.15, 0.2) is 65.2 Å². The van der Waals surface area contributed by atoms with Crippen molar-refractivity contribution in [2.24, 2.45) is 0 Å². The van der Waals surface area contributed by atoms with Gasteiger partial charge < -0.3 is 4.42 Å². The van der Waals surface area contributed by atoms with Crippen LogP contribution in [0, 0.1) is 13.8 Å². The molecule has 0 aliphatic heterocycles. The van der Waals surface area contributed by atoms with Crippen molar-refractivity contribution in [3.05, 3.63) is 77.5 Å². The molecule has 0 saturated carbocycles. The van der Waals surface area contributed by atoms with E-state index in [4.69, 9.17) is 4.42 Å². The fourth-order valence-corrected chi connectivity index (χ4v) is 3.33. The first kappa shape index (κ1) is 17.5. The van der Waals surface area contributed by atoms with Crippen LogP contribution in [0.4, 0.5) is 0 Å². The minimum absolute atomic E-state index is 0.110. The fraction of sp³-hybridized carbons (Fsp3) is 0.240. The summed E-state index contributed by atoms with van der Waals surface area (Å²) in [6.07, 6.45) is 1.83. The molecule has 27 heavy (non-hydrogen) atoms. The van der Waals surface area contributed by atoms with Gasteiger partial charge in [-0.15, -0.1) is 0 Å². The minimum atomic E-state index is 0.110. The smallest absolute Gasteiger partial charge is 0.153 e. The Kier molecular flexibility index (Phi) is 4.15. The average Bonchev–Trinajstić information content (AvgIpc) is 3.04. The molecule has 0 aliphatic rings. The summed E-state index contributed by atoms with van der Waals surface area (Å²) >= 11 is 0. The molecule has 0 radical (unpaired) electrons. The van der Waals surface area contributed by atoms with Crippen molar-refractivity contribution in [3.63, 3.8) is 0 Å². The topological polar surface area (TPSA) is 26.0 Å². The van der Waals surface area contributed by atoms with Crippen LogP contribution < -0.4 is 0 Å². The molecule has 2 heterocycles. The molecular weight excluding hydrogens is 330 g/mol. The predicted molar refractivity (Wildman–Crippen MR) is 113 cm³/mol. The highest BCUT2D eigenvalue weighted by Gasteiger charge is 2.16. The summed E-state index contributed by atoms with van der Waals surface area (Å²) in [7, 11) is 0. The molecule has 0 saturated heterocycles. The van der Waals surface area contributed by atoms with Gasteiger partial charge in [0.15, 0.2) is 5.58 Å². The molecule has 0 aliphatic carbocycles. The number of fused-ring (bicyclic) bond motifs is 1. The van der Waals surface area contributed by atoms with Crippen molar-refractivity contribution in [3.8, 4) is 22.6 Å². The average molecular weight is 355 g/mol. The van der Waals surface area contributed by atoms with Crippen molar-refractivity contribution in [1.29, 1.82) is 0 Å². The summed E-state index contributed by atoms with van der Waals surface area (Å²) in [6, 6.07) is 19.3. The van der Waals surface area contributed by atoms with E-state index in [1.165, 1.54) is 16.7 Å². The van der Waals surface area contributed by atoms with Crippen LogP contribution in [0.2, 0.25) is 0 Å². The standard InChI is InChI=1S/C25H25NO/c1-16-6-8-18(9-7-16)23-14-20-13-22(26-15-24(20)27-23)19-10-17(2)11-21(12-19)25(3,4)5/h6-15H,1-5H3. The quantitative estimate of drug-likeness (QED) is 0.384. The van der Waals surface area contributed by atoms with Crippen LogP contribution in [0.3, 0.4) is 0 Å². The Labute approximate surface area is 160 Å². The van der Waals surface area contributed by atoms with Crippen LogP contribution >= 0.6 is 0 Å². The van der Waals surface area contributed by atoms with Crippen molar-refractivity contribution in [2.75, 3.05) is 0 Å². The number of nitrogens with zero attached hydrogens (tertiary/aromatic N) is 1. The molecule has 2 aromatic carbocycles. The summed E-state index contributed by atoms with van der Waals surface area (Å²) in [5.41, 5.74) is 7.97. The van der Waals surface area contributed by atoms with E-state index in [1.54, 1.807) is 0 Å². The molecule has 2 heteroatoms. The zero-order valence-corrected chi connectivity index (χ0v) is 16.6. The number of aryl methyl sites for hydroxylation is 2. The zero-order valence-electron chi connectivity index (χ0n) is 16.6. The first-order chi connectivity index (χ1) is 12.8. The Hall–Kier alpha value is -2.87. The van der Waals surface area contributed by atoms with Crippen LogP contribution in [0.5, 0.6) is 0 Å². The van der Waals surface area contributed by atoms with Gasteiger partial charge in [0.05, 0.1) is 11.9 Å². The normalized spacial score (nSPS) is 11.9. The lowest BCUT2D eigenvalue weighted by molar-refractivity contribution is 0.590. The highest BCUT2D eigenvalue weighted by molar-refractivity contribution is 5.85. The predicted octanol–water partition coefficient (Wildman–Crippen LogP) is 7.08. The van der Waals surface area contributed by atoms with Crippen molar-refractivity contribution in [1.82, 2.24) is 4.98 Å². The van der Waals surface area contributed by atoms with Crippen molar-refractivity contribution in [2.45, 2.75) is 40.0 Å². The Bertz CT molecular complexity index is 1110. The van der Waals surface area contributed by atoms with Crippen LogP contribution in [-0.4, -0.2) is 4.98 Å². The second kappa shape index (κ2) is 6.38. The molecule has 136 valence electrons. The third-order valence-electron chi connectivity index (χ3n) is 4.98. The van der Waals surface area contributed by atoms with Gasteiger partial charge in [-0.05, 0) is 49.1 Å². The Balaban J connectivity index is 1.78. The van der Waals surface area contributed by atoms with E-state index in [0.29, 0.717) is 0 Å². The number of rotatable bonds is 2. The molecular formula is C25H25NO. The molecule has 4 rings (SSSR count). The first-order valence-corrected chi connectivity index (χ1v) is 9.39. The number of aromatic nitrogens is 1. The highest BCUT2D eigenvalue weighted by Crippen LogP contribution is 2.32. The monoisotopic (exact) mass is 355 g/mol. The fourth-order valence-electron chi connectivity index (χ4n) is 3.33. The van der Waals surface area contributed by atoms with Gasteiger partial charge in [0, 0.05) is 16.5 Å². The lowest BCUT2D eigenvalue weighted by Gasteiger charge is -2.20. The third kappa shape index (κ3) is 3.52. The molecule has 0 amide bonds. The lowest BCUT2D eigenvalue weighted by Crippen LogP contribution is -2.11. The molecule has 2 nitrogen and oxygen atoms in total. The first-order valence-electron chi connectivity index (χ1n) is 9.39. The Morgan fingerprint density at radius 3 is 2.22 bits per heavy atom. The second-order valence-electron chi connectivity index (χ2n) is 8.42. The van der Waals surface area contributed by atoms with Gasteiger partial charge in [0.25, 0.3) is 0 Å². The van der Waals surface area contributed by atoms with Gasteiger partial charge in [-0.2, -0.15) is 0 Å². The second-order valence-corrected chi connectivity index (χ2v) is 8.42. The SMILES string of the molecule is Cc1ccc(-c2cc3cc(-c4cc(C)cc(C(C)(C)C)c4)ncc3o2)cc1. The van der Waals surface area contributed by atoms with Crippen LogP contribution in [-0.2, 0) is 5.41 Å². The van der Waals surface area contributed by atoms with Gasteiger partial charge in [-0.25, -0.2) is 0 Å². The van der Waals surface area contributed by atoms with Crippen molar-refractivity contribution < 1.29 is 4.42 Å². The largest absolute Gasteiger partial charge is 0.454 e. The van der Waals surface area contributed by atoms with E-state index in [-0.39, 0.29) is 5.41 Å². The van der Waals surface area contributed by atoms with Crippen molar-refractivity contribution >= 4 is 11.0 Å². The van der Waals surface area contributed by atoms with Gasteiger partial charge >= 0.3 is 0 Å². The Morgan fingerprint density at radius 2 is 1.52 bits per heavy atom. The third-order valence-corrected chi connectivity index (χ3v) is 4.98. The number of pyridine rings is 1. The van der Waals surface area contributed by atoms with Gasteiger partial charge in [-0.1, -0.05) is 62.2 Å². The van der Waals surface area contributed by atoms with E-state index in [2.05, 4.69) is 94.2 Å². The van der Waals surface area contributed by atoms with Gasteiger partial charge in [0.1, 0.15) is 5.76 Å². The molecule has 0 unspecified atom stereocenters. The number of hydrogen-bond donors (Lipinski definition) is 0. The van der Waals surface area contributed by atoms with E-state index in [9.17, 15) is 0 Å². The van der Waals surface area contributed by atoms with Gasteiger partial charge in [-0.3, -0.25) is 4.98 Å². The minimum Gasteiger partial charge on any atom is -0.454 e. The molecule has 0 spiro atoms. The van der Waals surface area contributed by atoms with E-state index in [0.717, 1.165) is 33.6 Å². The summed E-state index contributed by atoms with van der Waals surface area (Å²) in [6.45, 7) is 11.0. The molecule has 2 aromatic heterocycles. The molecule has 0 fully saturated rings. The molecule has 4 aromatic rings. The number of benzene rings is 2. The zero-order chi connectivity index (χ0) is 19.2. The lowest BCUT2D eigenvalue weighted by atomic mass is 9.85. The number of hydrogen-bond acceptors (Lipinski definition) is 2. The maximum atomic E-state index is 6.02. The summed E-state index contributed by atoms with van der Waals surface area (Å²) in [5, 5.41) is 1.08. The molecule has 0 atom stereocenters. The molecule has 0 N–H and O–H groups in total. The van der Waals surface area contributed by atoms with Gasteiger partial charge in [0.2, 0.25) is 0 Å². The van der Waals surface area contributed by atoms with Crippen LogP contribution in [0.1, 0.15) is 37.5 Å². The van der Waals surface area contributed by atoms with Crippen LogP contribution in [0.25, 0.3) is 33.6 Å². The maximum Gasteiger partial charge on any atom is 0.153 e. The summed E-state index contributed by atoms with van der Waals surface area (Å²) in [5.74, 6) is 0.878. The Morgan fingerprint density at radius 1 is 0.778 bits per heavy atom. The summed E-state index contributed by atoms with van der Waals surface area (Å²) < 4.78 is 6.02. The maximum absolute atomic E-state index is 6.02. The van der Waals surface area contributed by atoms with E-state index in [1.807, 2.05) is 6.20 Å².